The maximum Gasteiger partial charge on any atom is 0.137 e. The van der Waals surface area contributed by atoms with E-state index in [2.05, 4.69) is 25.8 Å². The van der Waals surface area contributed by atoms with Gasteiger partial charge in [0.15, 0.2) is 0 Å². The van der Waals surface area contributed by atoms with Crippen LogP contribution in [0, 0.1) is 5.82 Å². The average molecular weight is 396 g/mol. The number of hydrogen-bond acceptors (Lipinski definition) is 3. The zero-order chi connectivity index (χ0) is 16.2. The lowest BCUT2D eigenvalue weighted by molar-refractivity contribution is 0.565. The fourth-order valence-electron chi connectivity index (χ4n) is 2.25. The van der Waals surface area contributed by atoms with Crippen molar-refractivity contribution in [3.05, 3.63) is 81.7 Å². The van der Waals surface area contributed by atoms with Crippen LogP contribution in [0.4, 0.5) is 10.1 Å². The van der Waals surface area contributed by atoms with Crippen LogP contribution in [0.15, 0.2) is 64.0 Å². The molecule has 0 unspecified atom stereocenters. The molecule has 0 aliphatic heterocycles. The van der Waals surface area contributed by atoms with Gasteiger partial charge in [-0.1, -0.05) is 23.7 Å². The van der Waals surface area contributed by atoms with E-state index in [0.717, 1.165) is 16.8 Å². The van der Waals surface area contributed by atoms with Crippen LogP contribution in [0.3, 0.4) is 0 Å². The van der Waals surface area contributed by atoms with Crippen LogP contribution in [-0.2, 0) is 13.1 Å². The largest absolute Gasteiger partial charge is 0.470 e. The third-order valence-electron chi connectivity index (χ3n) is 3.39. The molecule has 3 rings (SSSR count). The second-order valence-corrected chi connectivity index (χ2v) is 6.32. The highest BCUT2D eigenvalue weighted by Crippen LogP contribution is 2.23. The molecule has 0 saturated heterocycles. The van der Waals surface area contributed by atoms with Crippen molar-refractivity contribution < 1.29 is 8.81 Å². The predicted molar refractivity (Wildman–Crippen MR) is 91.9 cm³/mol. The van der Waals surface area contributed by atoms with Crippen LogP contribution in [0.2, 0.25) is 5.15 Å². The smallest absolute Gasteiger partial charge is 0.137 e. The molecule has 0 atom stereocenters. The Hall–Kier alpha value is -1.85. The maximum absolute atomic E-state index is 13.4. The molecule has 0 N–H and O–H groups in total. The van der Waals surface area contributed by atoms with Crippen LogP contribution >= 0.6 is 27.5 Å². The summed E-state index contributed by atoms with van der Waals surface area (Å²) in [5.41, 5.74) is 2.96. The maximum atomic E-state index is 13.4. The molecule has 23 heavy (non-hydrogen) atoms. The second-order valence-electron chi connectivity index (χ2n) is 5.08. The van der Waals surface area contributed by atoms with Crippen LogP contribution in [0.5, 0.6) is 0 Å². The van der Waals surface area contributed by atoms with Crippen molar-refractivity contribution in [3.63, 3.8) is 0 Å². The molecule has 2 heterocycles. The molecular weight excluding hydrogens is 383 g/mol. The van der Waals surface area contributed by atoms with E-state index in [-0.39, 0.29) is 5.82 Å². The molecule has 0 radical (unpaired) electrons. The Morgan fingerprint density at radius 2 is 1.91 bits per heavy atom. The van der Waals surface area contributed by atoms with Crippen molar-refractivity contribution in [3.8, 4) is 0 Å². The molecule has 0 aliphatic carbocycles. The fraction of sp³-hybridized carbons (Fsp3) is 0.118. The number of furan rings is 1. The summed E-state index contributed by atoms with van der Waals surface area (Å²) in [7, 11) is 0. The molecule has 2 aromatic heterocycles. The van der Waals surface area contributed by atoms with E-state index in [1.807, 2.05) is 12.1 Å². The van der Waals surface area contributed by atoms with Gasteiger partial charge in [-0.3, -0.25) is 0 Å². The quantitative estimate of drug-likeness (QED) is 0.539. The van der Waals surface area contributed by atoms with Gasteiger partial charge in [-0.2, -0.15) is 0 Å². The zero-order valence-corrected chi connectivity index (χ0v) is 14.4. The molecule has 3 nitrogen and oxygen atoms in total. The second kappa shape index (κ2) is 7.15. The zero-order valence-electron chi connectivity index (χ0n) is 12.0. The first-order chi connectivity index (χ1) is 11.1. The third kappa shape index (κ3) is 4.12. The molecule has 0 amide bonds. The lowest BCUT2D eigenvalue weighted by atomic mass is 10.2. The average Bonchev–Trinajstić information content (AvgIpc) is 3.07. The van der Waals surface area contributed by atoms with E-state index in [9.17, 15) is 4.39 Å². The number of nitrogens with zero attached hydrogens (tertiary/aromatic N) is 2. The molecule has 118 valence electrons. The molecule has 0 bridgehead atoms. The van der Waals surface area contributed by atoms with E-state index in [1.54, 1.807) is 36.9 Å². The molecule has 0 saturated carbocycles. The highest BCUT2D eigenvalue weighted by molar-refractivity contribution is 9.10. The number of rotatable bonds is 5. The summed E-state index contributed by atoms with van der Waals surface area (Å²) in [6.07, 6.45) is 5.06. The first-order valence-corrected chi connectivity index (χ1v) is 8.10. The van der Waals surface area contributed by atoms with Crippen LogP contribution in [-0.4, -0.2) is 4.98 Å². The van der Waals surface area contributed by atoms with Gasteiger partial charge in [0.1, 0.15) is 17.2 Å². The standard InChI is InChI=1S/C17H13BrClFN2O/c18-15-7-12(1-3-16(15)20)9-22(14-5-6-23-11-14)10-13-2-4-17(19)21-8-13/h1-8,11H,9-10H2. The SMILES string of the molecule is Fc1ccc(CN(Cc2ccc(Cl)nc2)c2ccoc2)cc1Br. The first kappa shape index (κ1) is 16.0. The van der Waals surface area contributed by atoms with Gasteiger partial charge in [0.25, 0.3) is 0 Å². The van der Waals surface area contributed by atoms with Gasteiger partial charge in [0, 0.05) is 19.3 Å². The first-order valence-electron chi connectivity index (χ1n) is 6.93. The van der Waals surface area contributed by atoms with E-state index in [1.165, 1.54) is 6.07 Å². The lowest BCUT2D eigenvalue weighted by Crippen LogP contribution is -2.21. The monoisotopic (exact) mass is 394 g/mol. The summed E-state index contributed by atoms with van der Waals surface area (Å²) >= 11 is 9.05. The molecule has 1 aromatic carbocycles. The minimum absolute atomic E-state index is 0.273. The number of anilines is 1. The summed E-state index contributed by atoms with van der Waals surface area (Å²) in [6.45, 7) is 1.25. The minimum atomic E-state index is -0.273. The predicted octanol–water partition coefficient (Wildman–Crippen LogP) is 5.44. The van der Waals surface area contributed by atoms with Crippen molar-refractivity contribution in [1.82, 2.24) is 4.98 Å². The van der Waals surface area contributed by atoms with E-state index < -0.39 is 0 Å². The van der Waals surface area contributed by atoms with Gasteiger partial charge in [0.2, 0.25) is 0 Å². The number of benzene rings is 1. The summed E-state index contributed by atoms with van der Waals surface area (Å²) in [5.74, 6) is -0.273. The van der Waals surface area contributed by atoms with Crippen molar-refractivity contribution in [2.75, 3.05) is 4.90 Å². The summed E-state index contributed by atoms with van der Waals surface area (Å²) in [5, 5.41) is 0.464. The molecule has 0 spiro atoms. The number of halogens is 3. The Bertz CT molecular complexity index is 778. The molecule has 0 aliphatic rings. The Balaban J connectivity index is 1.83. The van der Waals surface area contributed by atoms with Crippen molar-refractivity contribution in [2.24, 2.45) is 0 Å². The van der Waals surface area contributed by atoms with Crippen LogP contribution in [0.1, 0.15) is 11.1 Å². The van der Waals surface area contributed by atoms with Crippen molar-refractivity contribution in [1.29, 1.82) is 0 Å². The van der Waals surface area contributed by atoms with Gasteiger partial charge in [-0.15, -0.1) is 0 Å². The highest BCUT2D eigenvalue weighted by Gasteiger charge is 2.11. The van der Waals surface area contributed by atoms with Crippen LogP contribution in [0.25, 0.3) is 0 Å². The number of hydrogen-bond donors (Lipinski definition) is 0. The summed E-state index contributed by atoms with van der Waals surface area (Å²) in [6, 6.07) is 10.6. The van der Waals surface area contributed by atoms with E-state index in [0.29, 0.717) is 22.7 Å². The van der Waals surface area contributed by atoms with Gasteiger partial charge in [-0.05, 0) is 51.3 Å². The summed E-state index contributed by atoms with van der Waals surface area (Å²) in [4.78, 5) is 6.22. The lowest BCUT2D eigenvalue weighted by Gasteiger charge is -2.23. The Morgan fingerprint density at radius 1 is 1.13 bits per heavy atom. The Kier molecular flexibility index (Phi) is 4.98. The van der Waals surface area contributed by atoms with Gasteiger partial charge in [-0.25, -0.2) is 9.37 Å². The molecule has 0 fully saturated rings. The Labute approximate surface area is 146 Å². The Morgan fingerprint density at radius 3 is 2.57 bits per heavy atom. The number of pyridine rings is 1. The van der Waals surface area contributed by atoms with E-state index >= 15 is 0 Å². The van der Waals surface area contributed by atoms with Crippen molar-refractivity contribution in [2.45, 2.75) is 13.1 Å². The minimum Gasteiger partial charge on any atom is -0.470 e. The summed E-state index contributed by atoms with van der Waals surface area (Å²) < 4.78 is 19.0. The molecule has 6 heteroatoms. The fourth-order valence-corrected chi connectivity index (χ4v) is 2.79. The van der Waals surface area contributed by atoms with E-state index in [4.69, 9.17) is 16.0 Å². The van der Waals surface area contributed by atoms with Crippen molar-refractivity contribution >= 4 is 33.2 Å². The highest BCUT2D eigenvalue weighted by atomic mass is 79.9. The van der Waals surface area contributed by atoms with Gasteiger partial charge < -0.3 is 9.32 Å². The topological polar surface area (TPSA) is 29.3 Å². The third-order valence-corrected chi connectivity index (χ3v) is 4.22. The van der Waals surface area contributed by atoms with Crippen LogP contribution < -0.4 is 4.90 Å². The van der Waals surface area contributed by atoms with Gasteiger partial charge in [0.05, 0.1) is 16.4 Å². The van der Waals surface area contributed by atoms with Gasteiger partial charge >= 0.3 is 0 Å². The molecule has 3 aromatic rings. The molecular formula is C17H13BrClFN2O. The number of aromatic nitrogens is 1. The normalized spacial score (nSPS) is 10.7.